The van der Waals surface area contributed by atoms with E-state index < -0.39 is 6.23 Å². The maximum atomic E-state index is 10.0. The lowest BCUT2D eigenvalue weighted by Crippen LogP contribution is -2.34. The molecule has 5 heteroatoms. The van der Waals surface area contributed by atoms with Crippen LogP contribution in [0, 0.1) is 0 Å². The summed E-state index contributed by atoms with van der Waals surface area (Å²) in [6.07, 6.45) is 2.13. The highest BCUT2D eigenvalue weighted by Crippen LogP contribution is 2.41. The van der Waals surface area contributed by atoms with E-state index in [-0.39, 0.29) is 0 Å². The first kappa shape index (κ1) is 14.7. The second-order valence-electron chi connectivity index (χ2n) is 4.76. The van der Waals surface area contributed by atoms with E-state index in [2.05, 4.69) is 6.08 Å². The highest BCUT2D eigenvalue weighted by atomic mass is 16.5. The van der Waals surface area contributed by atoms with Crippen LogP contribution in [0.25, 0.3) is 5.57 Å². The molecule has 110 valence electrons. The molecular formula is C15H21NO4. The Morgan fingerprint density at radius 1 is 1.10 bits per heavy atom. The highest BCUT2D eigenvalue weighted by Gasteiger charge is 2.24. The molecule has 0 amide bonds. The summed E-state index contributed by atoms with van der Waals surface area (Å²) in [5.74, 6) is 2.05. The van der Waals surface area contributed by atoms with Crippen LogP contribution in [0.5, 0.6) is 17.2 Å². The number of hydrogen-bond donors (Lipinski definition) is 1. The Kier molecular flexibility index (Phi) is 4.52. The molecule has 1 aliphatic rings. The third-order valence-electron chi connectivity index (χ3n) is 3.57. The molecule has 1 aromatic rings. The van der Waals surface area contributed by atoms with E-state index in [1.54, 1.807) is 21.3 Å². The number of aliphatic hydroxyl groups excluding tert-OH is 1. The predicted molar refractivity (Wildman–Crippen MR) is 77.3 cm³/mol. The Hall–Kier alpha value is -1.72. The molecule has 2 rings (SSSR count). The molecule has 0 aromatic heterocycles. The van der Waals surface area contributed by atoms with Crippen molar-refractivity contribution in [1.82, 2.24) is 4.90 Å². The number of ether oxygens (including phenoxy) is 3. The number of benzene rings is 1. The third-order valence-corrected chi connectivity index (χ3v) is 3.57. The molecule has 1 aromatic carbocycles. The fourth-order valence-electron chi connectivity index (χ4n) is 2.34. The van der Waals surface area contributed by atoms with Crippen LogP contribution in [0.3, 0.4) is 0 Å². The largest absolute Gasteiger partial charge is 0.496 e. The van der Waals surface area contributed by atoms with Crippen molar-refractivity contribution < 1.29 is 19.3 Å². The number of nitrogens with zero attached hydrogens (tertiary/aromatic N) is 1. The van der Waals surface area contributed by atoms with Crippen LogP contribution in [0.4, 0.5) is 0 Å². The van der Waals surface area contributed by atoms with E-state index in [9.17, 15) is 5.11 Å². The predicted octanol–water partition coefficient (Wildman–Crippen LogP) is 1.75. The Bertz CT molecular complexity index is 488. The summed E-state index contributed by atoms with van der Waals surface area (Å²) in [4.78, 5) is 1.88. The molecule has 0 unspecified atom stereocenters. The van der Waals surface area contributed by atoms with Crippen LogP contribution < -0.4 is 14.2 Å². The van der Waals surface area contributed by atoms with Gasteiger partial charge in [-0.1, -0.05) is 6.08 Å². The van der Waals surface area contributed by atoms with Crippen molar-refractivity contribution in [3.63, 3.8) is 0 Å². The molecule has 0 saturated carbocycles. The summed E-state index contributed by atoms with van der Waals surface area (Å²) in [6, 6.07) is 3.65. The lowest BCUT2D eigenvalue weighted by Gasteiger charge is -2.29. The highest BCUT2D eigenvalue weighted by molar-refractivity contribution is 5.77. The lowest BCUT2D eigenvalue weighted by atomic mass is 9.96. The zero-order valence-corrected chi connectivity index (χ0v) is 12.3. The van der Waals surface area contributed by atoms with Crippen LogP contribution in [0.2, 0.25) is 0 Å². The van der Waals surface area contributed by atoms with Crippen molar-refractivity contribution in [1.29, 1.82) is 0 Å². The first-order chi connectivity index (χ1) is 9.60. The van der Waals surface area contributed by atoms with Gasteiger partial charge in [0.2, 0.25) is 0 Å². The Morgan fingerprint density at radius 3 is 2.15 bits per heavy atom. The minimum atomic E-state index is -0.494. The first-order valence-electron chi connectivity index (χ1n) is 6.48. The van der Waals surface area contributed by atoms with Gasteiger partial charge in [0.1, 0.15) is 23.5 Å². The lowest BCUT2D eigenvalue weighted by molar-refractivity contribution is 0.0303. The molecule has 0 radical (unpaired) electrons. The van der Waals surface area contributed by atoms with Crippen molar-refractivity contribution in [2.75, 3.05) is 34.9 Å². The van der Waals surface area contributed by atoms with E-state index in [4.69, 9.17) is 14.2 Å². The molecule has 0 spiro atoms. The SMILES string of the molecule is COc1cc(OC)c(C2=CCN(C)[C@H](O)C2)c(OC)c1. The molecule has 0 aliphatic carbocycles. The van der Waals surface area contributed by atoms with E-state index in [1.165, 1.54) is 0 Å². The van der Waals surface area contributed by atoms with Crippen molar-refractivity contribution in [3.05, 3.63) is 23.8 Å². The molecular weight excluding hydrogens is 258 g/mol. The number of methoxy groups -OCH3 is 3. The van der Waals surface area contributed by atoms with Gasteiger partial charge in [-0.3, -0.25) is 4.90 Å². The van der Waals surface area contributed by atoms with E-state index >= 15 is 0 Å². The van der Waals surface area contributed by atoms with E-state index in [0.29, 0.717) is 30.2 Å². The molecule has 0 fully saturated rings. The fraction of sp³-hybridized carbons (Fsp3) is 0.467. The molecule has 1 N–H and O–H groups in total. The minimum Gasteiger partial charge on any atom is -0.496 e. The van der Waals surface area contributed by atoms with Crippen molar-refractivity contribution >= 4 is 5.57 Å². The summed E-state index contributed by atoms with van der Waals surface area (Å²) in [6.45, 7) is 0.689. The number of hydrogen-bond acceptors (Lipinski definition) is 5. The minimum absolute atomic E-state index is 0.494. The molecule has 1 atom stereocenters. The number of likely N-dealkylation sites (N-methyl/N-ethyl adjacent to an activating group) is 1. The normalized spacial score (nSPS) is 19.4. The molecule has 0 bridgehead atoms. The Labute approximate surface area is 119 Å². The third kappa shape index (κ3) is 2.73. The van der Waals surface area contributed by atoms with Crippen LogP contribution in [-0.4, -0.2) is 51.2 Å². The van der Waals surface area contributed by atoms with Gasteiger partial charge in [0.05, 0.1) is 26.9 Å². The smallest absolute Gasteiger partial charge is 0.133 e. The van der Waals surface area contributed by atoms with Gasteiger partial charge in [-0.25, -0.2) is 0 Å². The van der Waals surface area contributed by atoms with Gasteiger partial charge in [-0.2, -0.15) is 0 Å². The summed E-state index contributed by atoms with van der Waals surface area (Å²) < 4.78 is 16.1. The summed E-state index contributed by atoms with van der Waals surface area (Å²) >= 11 is 0. The quantitative estimate of drug-likeness (QED) is 0.910. The zero-order chi connectivity index (χ0) is 14.7. The maximum Gasteiger partial charge on any atom is 0.133 e. The van der Waals surface area contributed by atoms with Crippen LogP contribution in [-0.2, 0) is 0 Å². The second-order valence-corrected chi connectivity index (χ2v) is 4.76. The molecule has 1 aliphatic heterocycles. The average molecular weight is 279 g/mol. The van der Waals surface area contributed by atoms with Gasteiger partial charge in [0.25, 0.3) is 0 Å². The first-order valence-corrected chi connectivity index (χ1v) is 6.48. The van der Waals surface area contributed by atoms with Crippen LogP contribution >= 0.6 is 0 Å². The second kappa shape index (κ2) is 6.15. The average Bonchev–Trinajstić information content (AvgIpc) is 2.48. The number of rotatable bonds is 4. The van der Waals surface area contributed by atoms with Crippen molar-refractivity contribution in [3.8, 4) is 17.2 Å². The van der Waals surface area contributed by atoms with Gasteiger partial charge in [-0.15, -0.1) is 0 Å². The molecule has 5 nitrogen and oxygen atoms in total. The summed E-state index contributed by atoms with van der Waals surface area (Å²) in [5, 5.41) is 10.0. The topological polar surface area (TPSA) is 51.2 Å². The number of aliphatic hydroxyl groups is 1. The zero-order valence-electron chi connectivity index (χ0n) is 12.3. The van der Waals surface area contributed by atoms with Gasteiger partial charge < -0.3 is 19.3 Å². The van der Waals surface area contributed by atoms with Crippen molar-refractivity contribution in [2.45, 2.75) is 12.6 Å². The molecule has 20 heavy (non-hydrogen) atoms. The maximum absolute atomic E-state index is 10.0. The van der Waals surface area contributed by atoms with Crippen LogP contribution in [0.1, 0.15) is 12.0 Å². The summed E-state index contributed by atoms with van der Waals surface area (Å²) in [7, 11) is 6.72. The molecule has 1 heterocycles. The van der Waals surface area contributed by atoms with Crippen molar-refractivity contribution in [2.24, 2.45) is 0 Å². The Morgan fingerprint density at radius 2 is 1.70 bits per heavy atom. The van der Waals surface area contributed by atoms with Crippen LogP contribution in [0.15, 0.2) is 18.2 Å². The fourth-order valence-corrected chi connectivity index (χ4v) is 2.34. The summed E-state index contributed by atoms with van der Waals surface area (Å²) in [5.41, 5.74) is 1.90. The standard InChI is InChI=1S/C15H21NO4/c1-16-6-5-10(7-14(16)17)15-12(19-3)8-11(18-2)9-13(15)20-4/h5,8-9,14,17H,6-7H2,1-4H3/t14-/m1/s1. The Balaban J connectivity index is 2.49. The van der Waals surface area contributed by atoms with Gasteiger partial charge in [-0.05, 0) is 12.6 Å². The van der Waals surface area contributed by atoms with E-state index in [1.807, 2.05) is 24.1 Å². The van der Waals surface area contributed by atoms with Gasteiger partial charge in [0, 0.05) is 25.1 Å². The monoisotopic (exact) mass is 279 g/mol. The van der Waals surface area contributed by atoms with E-state index in [0.717, 1.165) is 11.1 Å². The molecule has 0 saturated heterocycles. The van der Waals surface area contributed by atoms with Gasteiger partial charge in [0.15, 0.2) is 0 Å². The van der Waals surface area contributed by atoms with Gasteiger partial charge >= 0.3 is 0 Å².